The minimum atomic E-state index is -3.86. The second kappa shape index (κ2) is 7.22. The predicted octanol–water partition coefficient (Wildman–Crippen LogP) is 3.67. The zero-order valence-corrected chi connectivity index (χ0v) is 17.5. The lowest BCUT2D eigenvalue weighted by Crippen LogP contribution is -2.41. The van der Waals surface area contributed by atoms with E-state index in [2.05, 4.69) is 4.72 Å². The maximum atomic E-state index is 13.1. The second-order valence-electron chi connectivity index (χ2n) is 7.75. The van der Waals surface area contributed by atoms with Crippen molar-refractivity contribution in [1.29, 1.82) is 0 Å². The van der Waals surface area contributed by atoms with Gasteiger partial charge in [-0.25, -0.2) is 17.9 Å². The van der Waals surface area contributed by atoms with Gasteiger partial charge in [-0.3, -0.25) is 0 Å². The molecule has 3 rings (SSSR count). The Hall–Kier alpha value is -2.38. The molecule has 0 amide bonds. The maximum absolute atomic E-state index is 13.1. The van der Waals surface area contributed by atoms with Gasteiger partial charge in [0.05, 0.1) is 23.6 Å². The number of esters is 1. The van der Waals surface area contributed by atoms with E-state index in [1.165, 1.54) is 19.2 Å². The Morgan fingerprint density at radius 2 is 1.89 bits per heavy atom. The standard InChI is InChI=1S/C21H25NO5S/c1-13-6-9-19-17(10-13)18(12-21(3,4)27-19)22-28(24,25)15-8-7-14(2)16(11-15)20(23)26-5/h6-11,18,22H,12H2,1-5H3/t18-/m0/s1. The minimum absolute atomic E-state index is 0.0250. The predicted molar refractivity (Wildman–Crippen MR) is 106 cm³/mol. The summed E-state index contributed by atoms with van der Waals surface area (Å²) in [5, 5.41) is 0. The first-order valence-corrected chi connectivity index (χ1v) is 10.5. The second-order valence-corrected chi connectivity index (χ2v) is 9.46. The molecule has 1 N–H and O–H groups in total. The first-order chi connectivity index (χ1) is 13.0. The molecule has 2 aromatic rings. The molecule has 1 atom stereocenters. The summed E-state index contributed by atoms with van der Waals surface area (Å²) in [5.41, 5.74) is 2.20. The highest BCUT2D eigenvalue weighted by Crippen LogP contribution is 2.40. The highest BCUT2D eigenvalue weighted by atomic mass is 32.2. The lowest BCUT2D eigenvalue weighted by Gasteiger charge is -2.38. The number of fused-ring (bicyclic) bond motifs is 1. The van der Waals surface area contributed by atoms with Crippen LogP contribution < -0.4 is 9.46 Å². The normalized spacial score (nSPS) is 18.1. The van der Waals surface area contributed by atoms with Crippen molar-refractivity contribution in [2.45, 2.75) is 50.7 Å². The van der Waals surface area contributed by atoms with Crippen LogP contribution in [0.5, 0.6) is 5.75 Å². The van der Waals surface area contributed by atoms with E-state index in [1.807, 2.05) is 39.0 Å². The lowest BCUT2D eigenvalue weighted by atomic mass is 9.89. The number of sulfonamides is 1. The quantitative estimate of drug-likeness (QED) is 0.788. The summed E-state index contributed by atoms with van der Waals surface area (Å²) in [6.45, 7) is 7.54. The van der Waals surface area contributed by atoms with Crippen molar-refractivity contribution in [2.75, 3.05) is 7.11 Å². The van der Waals surface area contributed by atoms with Crippen LogP contribution in [-0.2, 0) is 14.8 Å². The van der Waals surface area contributed by atoms with Crippen molar-refractivity contribution in [3.63, 3.8) is 0 Å². The molecule has 2 aromatic carbocycles. The summed E-state index contributed by atoms with van der Waals surface area (Å²) < 4.78 is 39.7. The van der Waals surface area contributed by atoms with Gasteiger partial charge in [0.2, 0.25) is 10.0 Å². The summed E-state index contributed by atoms with van der Waals surface area (Å²) >= 11 is 0. The monoisotopic (exact) mass is 403 g/mol. The summed E-state index contributed by atoms with van der Waals surface area (Å²) in [6.07, 6.45) is 0.485. The van der Waals surface area contributed by atoms with E-state index in [0.717, 1.165) is 11.1 Å². The molecule has 150 valence electrons. The fourth-order valence-electron chi connectivity index (χ4n) is 3.43. The summed E-state index contributed by atoms with van der Waals surface area (Å²) in [7, 11) is -2.59. The molecule has 0 aromatic heterocycles. The average Bonchev–Trinajstić information content (AvgIpc) is 2.61. The molecule has 0 saturated heterocycles. The van der Waals surface area contributed by atoms with E-state index < -0.39 is 27.6 Å². The van der Waals surface area contributed by atoms with Gasteiger partial charge in [-0.2, -0.15) is 0 Å². The first kappa shape index (κ1) is 20.4. The fourth-order valence-corrected chi connectivity index (χ4v) is 4.67. The van der Waals surface area contributed by atoms with Crippen molar-refractivity contribution in [1.82, 2.24) is 4.72 Å². The number of hydrogen-bond acceptors (Lipinski definition) is 5. The van der Waals surface area contributed by atoms with Crippen LogP contribution in [0.25, 0.3) is 0 Å². The van der Waals surface area contributed by atoms with E-state index in [9.17, 15) is 13.2 Å². The molecule has 0 unspecified atom stereocenters. The zero-order chi connectivity index (χ0) is 20.7. The van der Waals surface area contributed by atoms with Crippen LogP contribution in [-0.4, -0.2) is 27.1 Å². The molecule has 0 saturated carbocycles. The number of carbonyl (C=O) groups is 1. The molecule has 7 heteroatoms. The number of rotatable bonds is 4. The molecular formula is C21H25NO5S. The third kappa shape index (κ3) is 4.05. The lowest BCUT2D eigenvalue weighted by molar-refractivity contribution is 0.0599. The number of methoxy groups -OCH3 is 1. The number of carbonyl (C=O) groups excluding carboxylic acids is 1. The zero-order valence-electron chi connectivity index (χ0n) is 16.7. The third-order valence-electron chi connectivity index (χ3n) is 4.84. The van der Waals surface area contributed by atoms with Gasteiger partial charge in [-0.1, -0.05) is 23.8 Å². The SMILES string of the molecule is COC(=O)c1cc(S(=O)(=O)N[C@H]2CC(C)(C)Oc3ccc(C)cc32)ccc1C. The number of ether oxygens (including phenoxy) is 2. The van der Waals surface area contributed by atoms with Gasteiger partial charge < -0.3 is 9.47 Å². The molecule has 1 aliphatic heterocycles. The van der Waals surface area contributed by atoms with Gasteiger partial charge in [0.25, 0.3) is 0 Å². The highest BCUT2D eigenvalue weighted by molar-refractivity contribution is 7.89. The molecule has 6 nitrogen and oxygen atoms in total. The Kier molecular flexibility index (Phi) is 5.25. The molecule has 1 aliphatic rings. The molecule has 0 bridgehead atoms. The van der Waals surface area contributed by atoms with E-state index in [1.54, 1.807) is 13.0 Å². The first-order valence-electron chi connectivity index (χ1n) is 9.03. The van der Waals surface area contributed by atoms with Crippen LogP contribution in [0.3, 0.4) is 0 Å². The van der Waals surface area contributed by atoms with E-state index in [0.29, 0.717) is 17.7 Å². The van der Waals surface area contributed by atoms with Crippen LogP contribution in [0.2, 0.25) is 0 Å². The third-order valence-corrected chi connectivity index (χ3v) is 6.31. The van der Waals surface area contributed by atoms with Gasteiger partial charge in [0.1, 0.15) is 11.4 Å². The summed E-state index contributed by atoms with van der Waals surface area (Å²) in [6, 6.07) is 9.76. The van der Waals surface area contributed by atoms with Crippen LogP contribution in [0.15, 0.2) is 41.3 Å². The number of hydrogen-bond donors (Lipinski definition) is 1. The molecule has 0 fully saturated rings. The van der Waals surface area contributed by atoms with Gasteiger partial charge in [0.15, 0.2) is 0 Å². The minimum Gasteiger partial charge on any atom is -0.487 e. The van der Waals surface area contributed by atoms with Crippen molar-refractivity contribution < 1.29 is 22.7 Å². The van der Waals surface area contributed by atoms with E-state index in [-0.39, 0.29) is 10.5 Å². The smallest absolute Gasteiger partial charge is 0.338 e. The van der Waals surface area contributed by atoms with E-state index in [4.69, 9.17) is 9.47 Å². The van der Waals surface area contributed by atoms with Gasteiger partial charge in [-0.05, 0) is 51.5 Å². The molecule has 0 radical (unpaired) electrons. The van der Waals surface area contributed by atoms with Crippen molar-refractivity contribution in [3.05, 3.63) is 58.7 Å². The van der Waals surface area contributed by atoms with Crippen LogP contribution in [0.1, 0.15) is 53.4 Å². The van der Waals surface area contributed by atoms with Crippen LogP contribution in [0, 0.1) is 13.8 Å². The van der Waals surface area contributed by atoms with Gasteiger partial charge >= 0.3 is 5.97 Å². The molecule has 1 heterocycles. The number of nitrogens with one attached hydrogen (secondary N) is 1. The van der Waals surface area contributed by atoms with Crippen molar-refractivity contribution in [2.24, 2.45) is 0 Å². The summed E-state index contributed by atoms with van der Waals surface area (Å²) in [5.74, 6) is 0.108. The van der Waals surface area contributed by atoms with Crippen LogP contribution in [0.4, 0.5) is 0 Å². The van der Waals surface area contributed by atoms with Crippen molar-refractivity contribution in [3.8, 4) is 5.75 Å². The average molecular weight is 404 g/mol. The molecule has 28 heavy (non-hydrogen) atoms. The highest BCUT2D eigenvalue weighted by Gasteiger charge is 2.36. The van der Waals surface area contributed by atoms with Crippen LogP contribution >= 0.6 is 0 Å². The Bertz CT molecular complexity index is 1030. The molecular weight excluding hydrogens is 378 g/mol. The van der Waals surface area contributed by atoms with Gasteiger partial charge in [0, 0.05) is 12.0 Å². The Morgan fingerprint density at radius 3 is 2.57 bits per heavy atom. The number of benzene rings is 2. The molecule has 0 aliphatic carbocycles. The topological polar surface area (TPSA) is 81.7 Å². The fraction of sp³-hybridized carbons (Fsp3) is 0.381. The maximum Gasteiger partial charge on any atom is 0.338 e. The largest absolute Gasteiger partial charge is 0.487 e. The Morgan fingerprint density at radius 1 is 1.18 bits per heavy atom. The van der Waals surface area contributed by atoms with Gasteiger partial charge in [-0.15, -0.1) is 0 Å². The number of aryl methyl sites for hydroxylation is 2. The Balaban J connectivity index is 1.99. The molecule has 0 spiro atoms. The van der Waals surface area contributed by atoms with E-state index >= 15 is 0 Å². The van der Waals surface area contributed by atoms with Crippen molar-refractivity contribution >= 4 is 16.0 Å². The summed E-state index contributed by atoms with van der Waals surface area (Å²) in [4.78, 5) is 12.0. The Labute approximate surface area is 165 Å².